The van der Waals surface area contributed by atoms with Crippen LogP contribution in [0.1, 0.15) is 60.3 Å². The first-order chi connectivity index (χ1) is 15.4. The molecule has 1 aliphatic carbocycles. The molecule has 1 N–H and O–H groups in total. The summed E-state index contributed by atoms with van der Waals surface area (Å²) in [6, 6.07) is 0. The number of carbonyl (C=O) groups is 3. The van der Waals surface area contributed by atoms with E-state index in [1.54, 1.807) is 0 Å². The van der Waals surface area contributed by atoms with Crippen molar-refractivity contribution in [1.82, 2.24) is 9.80 Å². The number of fused-ring (bicyclic) bond motifs is 1. The first kappa shape index (κ1) is 23.2. The minimum absolute atomic E-state index is 0.0732. The lowest BCUT2D eigenvalue weighted by molar-refractivity contribution is -0.142. The molecule has 2 amide bonds. The molecule has 2 aliphatic heterocycles. The molecule has 1 atom stereocenters. The molecule has 2 saturated heterocycles. The number of rotatable bonds is 6. The highest BCUT2D eigenvalue weighted by Crippen LogP contribution is 2.38. The van der Waals surface area contributed by atoms with Crippen molar-refractivity contribution in [2.45, 2.75) is 64.6 Å². The van der Waals surface area contributed by atoms with Crippen LogP contribution in [0.25, 0.3) is 0 Å². The fraction of sp³-hybridized carbons (Fsp3) is 0.696. The van der Waals surface area contributed by atoms with Gasteiger partial charge in [-0.25, -0.2) is 4.79 Å². The van der Waals surface area contributed by atoms with Crippen LogP contribution in [-0.2, 0) is 31.9 Å². The molecule has 0 saturated carbocycles. The molecular weight excluding hydrogens is 430 g/mol. The Bertz CT molecular complexity index is 854. The number of aryl methyl sites for hydroxylation is 1. The summed E-state index contributed by atoms with van der Waals surface area (Å²) < 4.78 is 11.0. The smallest absolute Gasteiger partial charge is 0.341 e. The standard InChI is InChI=1S/C23H33N3O5S/c1-15(2)31-23(29)20-16-6-3-4-8-18(16)32-21(20)24-19(27)14-25-9-11-26(12-10-25)22(28)17-7-5-13-30-17/h15,17H,3-14H2,1-2H3,(H,24,27). The highest BCUT2D eigenvalue weighted by atomic mass is 32.1. The van der Waals surface area contributed by atoms with Gasteiger partial charge in [-0.3, -0.25) is 14.5 Å². The van der Waals surface area contributed by atoms with Crippen LogP contribution in [0.5, 0.6) is 0 Å². The first-order valence-electron chi connectivity index (χ1n) is 11.7. The second-order valence-corrected chi connectivity index (χ2v) is 10.1. The fourth-order valence-corrected chi connectivity index (χ4v) is 5.91. The van der Waals surface area contributed by atoms with E-state index in [1.807, 2.05) is 23.6 Å². The molecule has 1 aromatic rings. The number of ether oxygens (including phenoxy) is 2. The van der Waals surface area contributed by atoms with Gasteiger partial charge in [-0.05, 0) is 57.9 Å². The molecule has 8 nitrogen and oxygen atoms in total. The number of thiophene rings is 1. The first-order valence-corrected chi connectivity index (χ1v) is 12.5. The number of piperazine rings is 1. The number of esters is 1. The van der Waals surface area contributed by atoms with Crippen LogP contribution in [-0.4, -0.2) is 79.1 Å². The molecule has 0 spiro atoms. The second-order valence-electron chi connectivity index (χ2n) is 9.02. The maximum Gasteiger partial charge on any atom is 0.341 e. The summed E-state index contributed by atoms with van der Waals surface area (Å²) >= 11 is 1.51. The molecule has 0 bridgehead atoms. The van der Waals surface area contributed by atoms with Crippen molar-refractivity contribution in [2.75, 3.05) is 44.6 Å². The van der Waals surface area contributed by atoms with Crippen LogP contribution >= 0.6 is 11.3 Å². The van der Waals surface area contributed by atoms with Crippen molar-refractivity contribution in [2.24, 2.45) is 0 Å². The van der Waals surface area contributed by atoms with Gasteiger partial charge < -0.3 is 19.7 Å². The van der Waals surface area contributed by atoms with Gasteiger partial charge in [-0.15, -0.1) is 11.3 Å². The van der Waals surface area contributed by atoms with Gasteiger partial charge >= 0.3 is 5.97 Å². The Balaban J connectivity index is 1.35. The minimum Gasteiger partial charge on any atom is -0.459 e. The average molecular weight is 464 g/mol. The SMILES string of the molecule is CC(C)OC(=O)c1c(NC(=O)CN2CCN(C(=O)C3CCCO3)CC2)sc2c1CCCC2. The van der Waals surface area contributed by atoms with Gasteiger partial charge in [0, 0.05) is 37.7 Å². The van der Waals surface area contributed by atoms with Gasteiger partial charge in [0.15, 0.2) is 0 Å². The fourth-order valence-electron chi connectivity index (χ4n) is 4.61. The zero-order valence-corrected chi connectivity index (χ0v) is 19.8. The van der Waals surface area contributed by atoms with Crippen LogP contribution < -0.4 is 5.32 Å². The third kappa shape index (κ3) is 5.32. The van der Waals surface area contributed by atoms with E-state index in [0.29, 0.717) is 43.4 Å². The van der Waals surface area contributed by atoms with Crippen LogP contribution in [0, 0.1) is 0 Å². The summed E-state index contributed by atoms with van der Waals surface area (Å²) in [5, 5.41) is 3.60. The second kappa shape index (κ2) is 10.3. The summed E-state index contributed by atoms with van der Waals surface area (Å²) in [4.78, 5) is 43.2. The quantitative estimate of drug-likeness (QED) is 0.652. The molecule has 32 heavy (non-hydrogen) atoms. The minimum atomic E-state index is -0.351. The Kier molecular flexibility index (Phi) is 7.48. The van der Waals surface area contributed by atoms with Crippen molar-refractivity contribution >= 4 is 34.1 Å². The number of anilines is 1. The Morgan fingerprint density at radius 3 is 2.56 bits per heavy atom. The number of carbonyl (C=O) groups excluding carboxylic acids is 3. The summed E-state index contributed by atoms with van der Waals surface area (Å²) in [5.74, 6) is -0.416. The van der Waals surface area contributed by atoms with Crippen LogP contribution in [0.4, 0.5) is 5.00 Å². The molecule has 3 heterocycles. The molecule has 176 valence electrons. The predicted molar refractivity (Wildman–Crippen MR) is 122 cm³/mol. The Morgan fingerprint density at radius 2 is 1.88 bits per heavy atom. The van der Waals surface area contributed by atoms with Gasteiger partial charge in [0.2, 0.25) is 5.91 Å². The van der Waals surface area contributed by atoms with Crippen LogP contribution in [0.2, 0.25) is 0 Å². The summed E-state index contributed by atoms with van der Waals surface area (Å²) in [5.41, 5.74) is 1.59. The van der Waals surface area contributed by atoms with Gasteiger partial charge in [0.05, 0.1) is 18.2 Å². The third-order valence-corrected chi connectivity index (χ3v) is 7.43. The van der Waals surface area contributed by atoms with E-state index in [2.05, 4.69) is 5.32 Å². The van der Waals surface area contributed by atoms with E-state index in [4.69, 9.17) is 9.47 Å². The Hall–Kier alpha value is -1.97. The van der Waals surface area contributed by atoms with E-state index < -0.39 is 0 Å². The van der Waals surface area contributed by atoms with Crippen molar-refractivity contribution in [3.63, 3.8) is 0 Å². The van der Waals surface area contributed by atoms with Crippen LogP contribution in [0.15, 0.2) is 0 Å². The molecule has 1 aromatic heterocycles. The lowest BCUT2D eigenvalue weighted by atomic mass is 9.95. The number of amides is 2. The van der Waals surface area contributed by atoms with E-state index in [1.165, 1.54) is 16.2 Å². The zero-order valence-electron chi connectivity index (χ0n) is 19.0. The van der Waals surface area contributed by atoms with Gasteiger partial charge in [0.1, 0.15) is 11.1 Å². The van der Waals surface area contributed by atoms with E-state index in [0.717, 1.165) is 44.1 Å². The number of nitrogens with zero attached hydrogens (tertiary/aromatic N) is 2. The van der Waals surface area contributed by atoms with Crippen molar-refractivity contribution in [1.29, 1.82) is 0 Å². The molecule has 2 fully saturated rings. The number of nitrogens with one attached hydrogen (secondary N) is 1. The highest BCUT2D eigenvalue weighted by molar-refractivity contribution is 7.17. The lowest BCUT2D eigenvalue weighted by Gasteiger charge is -2.35. The molecule has 1 unspecified atom stereocenters. The third-order valence-electron chi connectivity index (χ3n) is 6.23. The molecule has 3 aliphatic rings. The molecule has 9 heteroatoms. The van der Waals surface area contributed by atoms with E-state index in [9.17, 15) is 14.4 Å². The molecular formula is C23H33N3O5S. The van der Waals surface area contributed by atoms with Crippen LogP contribution in [0.3, 0.4) is 0 Å². The number of hydrogen-bond acceptors (Lipinski definition) is 7. The predicted octanol–water partition coefficient (Wildman–Crippen LogP) is 2.45. The molecule has 4 rings (SSSR count). The highest BCUT2D eigenvalue weighted by Gasteiger charge is 2.31. The van der Waals surface area contributed by atoms with Gasteiger partial charge in [-0.1, -0.05) is 0 Å². The Labute approximate surface area is 193 Å². The number of hydrogen-bond donors (Lipinski definition) is 1. The maximum absolute atomic E-state index is 12.8. The normalized spacial score (nSPS) is 21.5. The zero-order chi connectivity index (χ0) is 22.7. The summed E-state index contributed by atoms with van der Waals surface area (Å²) in [6.07, 6.45) is 5.19. The molecule has 0 aromatic carbocycles. The van der Waals surface area contributed by atoms with Crippen molar-refractivity contribution in [3.05, 3.63) is 16.0 Å². The summed E-state index contributed by atoms with van der Waals surface area (Å²) in [6.45, 7) is 7.07. The average Bonchev–Trinajstić information content (AvgIpc) is 3.41. The van der Waals surface area contributed by atoms with Gasteiger partial charge in [-0.2, -0.15) is 0 Å². The Morgan fingerprint density at radius 1 is 1.12 bits per heavy atom. The summed E-state index contributed by atoms with van der Waals surface area (Å²) in [7, 11) is 0. The van der Waals surface area contributed by atoms with Crippen molar-refractivity contribution < 1.29 is 23.9 Å². The lowest BCUT2D eigenvalue weighted by Crippen LogP contribution is -2.52. The molecule has 0 radical (unpaired) electrons. The van der Waals surface area contributed by atoms with Gasteiger partial charge in [0.25, 0.3) is 5.91 Å². The topological polar surface area (TPSA) is 88.2 Å². The van der Waals surface area contributed by atoms with E-state index in [-0.39, 0.29) is 36.5 Å². The largest absolute Gasteiger partial charge is 0.459 e. The monoisotopic (exact) mass is 463 g/mol. The van der Waals surface area contributed by atoms with Crippen molar-refractivity contribution in [3.8, 4) is 0 Å². The maximum atomic E-state index is 12.8. The van der Waals surface area contributed by atoms with E-state index >= 15 is 0 Å².